The summed E-state index contributed by atoms with van der Waals surface area (Å²) in [6, 6.07) is 21.5. The summed E-state index contributed by atoms with van der Waals surface area (Å²) in [5, 5.41) is 5.36. The molecule has 31 heavy (non-hydrogen) atoms. The van der Waals surface area contributed by atoms with Crippen molar-refractivity contribution in [2.45, 2.75) is 0 Å². The zero-order valence-corrected chi connectivity index (χ0v) is 17.0. The third kappa shape index (κ3) is 2.80. The van der Waals surface area contributed by atoms with Gasteiger partial charge in [0.05, 0.1) is 22.8 Å². The summed E-state index contributed by atoms with van der Waals surface area (Å²) < 4.78 is 2.39. The molecule has 6 heteroatoms. The number of hydrogen-bond donors (Lipinski definition) is 1. The largest absolute Gasteiger partial charge is 0.333 e. The van der Waals surface area contributed by atoms with Crippen LogP contribution in [0.4, 0.5) is 0 Å². The predicted octanol–water partition coefficient (Wildman–Crippen LogP) is 5.11. The summed E-state index contributed by atoms with van der Waals surface area (Å²) >= 11 is 1.70. The molecule has 5 nitrogen and oxygen atoms in total. The van der Waals surface area contributed by atoms with Gasteiger partial charge in [-0.15, -0.1) is 11.3 Å². The highest BCUT2D eigenvalue weighted by atomic mass is 32.1. The van der Waals surface area contributed by atoms with E-state index < -0.39 is 5.69 Å². The van der Waals surface area contributed by atoms with Crippen molar-refractivity contribution >= 4 is 43.1 Å². The molecule has 0 fully saturated rings. The lowest BCUT2D eigenvalue weighted by molar-refractivity contribution is 0.902. The average Bonchev–Trinajstić information content (AvgIpc) is 3.27. The second-order valence-corrected chi connectivity index (χ2v) is 8.33. The van der Waals surface area contributed by atoms with Crippen LogP contribution in [0.25, 0.3) is 48.6 Å². The number of rotatable bonds is 2. The van der Waals surface area contributed by atoms with Gasteiger partial charge in [0, 0.05) is 21.7 Å². The SMILES string of the molecule is O=c1[nH]c2cc(-c3ccc4sccc4c3)ccc2c(=O)n1-c1cncc2ccccc12. The molecule has 6 rings (SSSR count). The third-order valence-electron chi connectivity index (χ3n) is 5.57. The summed E-state index contributed by atoms with van der Waals surface area (Å²) in [5.74, 6) is 0. The van der Waals surface area contributed by atoms with Crippen LogP contribution in [0.1, 0.15) is 0 Å². The molecule has 0 aliphatic heterocycles. The van der Waals surface area contributed by atoms with Gasteiger partial charge in [0.1, 0.15) is 0 Å². The van der Waals surface area contributed by atoms with Crippen molar-refractivity contribution in [1.29, 1.82) is 0 Å². The van der Waals surface area contributed by atoms with E-state index in [1.807, 2.05) is 36.4 Å². The van der Waals surface area contributed by atoms with E-state index in [1.165, 1.54) is 10.1 Å². The molecule has 0 bridgehead atoms. The minimum atomic E-state index is -0.485. The van der Waals surface area contributed by atoms with Crippen LogP contribution in [0.15, 0.2) is 94.1 Å². The van der Waals surface area contributed by atoms with E-state index >= 15 is 0 Å². The number of H-pyrrole nitrogens is 1. The van der Waals surface area contributed by atoms with Crippen molar-refractivity contribution < 1.29 is 0 Å². The van der Waals surface area contributed by atoms with E-state index in [4.69, 9.17) is 0 Å². The van der Waals surface area contributed by atoms with E-state index in [0.717, 1.165) is 26.5 Å². The molecule has 0 unspecified atom stereocenters. The molecule has 0 aliphatic rings. The Hall–Kier alpha value is -4.03. The molecule has 0 saturated heterocycles. The highest BCUT2D eigenvalue weighted by Crippen LogP contribution is 2.28. The molecule has 6 aromatic rings. The molecule has 3 heterocycles. The van der Waals surface area contributed by atoms with Crippen molar-refractivity contribution in [3.8, 4) is 16.8 Å². The van der Waals surface area contributed by atoms with Gasteiger partial charge in [0.15, 0.2) is 0 Å². The van der Waals surface area contributed by atoms with Crippen molar-refractivity contribution in [2.24, 2.45) is 0 Å². The highest BCUT2D eigenvalue weighted by Gasteiger charge is 2.13. The van der Waals surface area contributed by atoms with Gasteiger partial charge in [0.2, 0.25) is 0 Å². The lowest BCUT2D eigenvalue weighted by Crippen LogP contribution is -2.33. The van der Waals surface area contributed by atoms with E-state index in [1.54, 1.807) is 29.8 Å². The number of fused-ring (bicyclic) bond motifs is 3. The fraction of sp³-hybridized carbons (Fsp3) is 0. The first-order chi connectivity index (χ1) is 15.2. The Balaban J connectivity index is 1.57. The van der Waals surface area contributed by atoms with Crippen LogP contribution in [0, 0.1) is 0 Å². The van der Waals surface area contributed by atoms with E-state index in [-0.39, 0.29) is 5.56 Å². The topological polar surface area (TPSA) is 67.8 Å². The Morgan fingerprint density at radius 1 is 0.806 bits per heavy atom. The van der Waals surface area contributed by atoms with E-state index in [2.05, 4.69) is 39.6 Å². The third-order valence-corrected chi connectivity index (χ3v) is 6.47. The quantitative estimate of drug-likeness (QED) is 0.422. The first-order valence-electron chi connectivity index (χ1n) is 9.79. The molecule has 3 aromatic carbocycles. The van der Waals surface area contributed by atoms with E-state index in [0.29, 0.717) is 16.6 Å². The molecule has 0 atom stereocenters. The molecule has 148 valence electrons. The van der Waals surface area contributed by atoms with Gasteiger partial charge in [-0.25, -0.2) is 9.36 Å². The number of pyridine rings is 1. The van der Waals surface area contributed by atoms with Crippen LogP contribution in [0.3, 0.4) is 0 Å². The number of aromatic amines is 1. The number of nitrogens with one attached hydrogen (secondary N) is 1. The summed E-state index contributed by atoms with van der Waals surface area (Å²) in [5.41, 5.74) is 2.12. The van der Waals surface area contributed by atoms with Gasteiger partial charge in [-0.2, -0.15) is 0 Å². The maximum absolute atomic E-state index is 13.3. The molecule has 1 N–H and O–H groups in total. The lowest BCUT2D eigenvalue weighted by Gasteiger charge is -2.10. The molecule has 0 amide bonds. The summed E-state index contributed by atoms with van der Waals surface area (Å²) in [6.45, 7) is 0. The first-order valence-corrected chi connectivity index (χ1v) is 10.7. The monoisotopic (exact) mass is 421 g/mol. The smallest absolute Gasteiger partial charge is 0.306 e. The van der Waals surface area contributed by atoms with Crippen molar-refractivity contribution in [3.63, 3.8) is 0 Å². The lowest BCUT2D eigenvalue weighted by atomic mass is 10.0. The summed E-state index contributed by atoms with van der Waals surface area (Å²) in [7, 11) is 0. The fourth-order valence-corrected chi connectivity index (χ4v) is 4.81. The minimum Gasteiger partial charge on any atom is -0.306 e. The minimum absolute atomic E-state index is 0.364. The second-order valence-electron chi connectivity index (χ2n) is 7.38. The van der Waals surface area contributed by atoms with Gasteiger partial charge in [-0.3, -0.25) is 9.78 Å². The Kier molecular flexibility index (Phi) is 3.88. The van der Waals surface area contributed by atoms with Gasteiger partial charge < -0.3 is 4.98 Å². The number of nitrogens with zero attached hydrogens (tertiary/aromatic N) is 2. The predicted molar refractivity (Wildman–Crippen MR) is 126 cm³/mol. The maximum atomic E-state index is 13.3. The summed E-state index contributed by atoms with van der Waals surface area (Å²) in [4.78, 5) is 33.4. The van der Waals surface area contributed by atoms with Crippen LogP contribution >= 0.6 is 11.3 Å². The second kappa shape index (κ2) is 6.75. The standard InChI is InChI=1S/C25H15N3O2S/c29-24-20-7-5-16(15-6-8-23-17(11-15)9-10-31-23)12-21(20)27-25(30)28(24)22-14-26-13-18-3-1-2-4-19(18)22/h1-14H,(H,27,30). The summed E-state index contributed by atoms with van der Waals surface area (Å²) in [6.07, 6.45) is 3.27. The molecule has 3 aromatic heterocycles. The first kappa shape index (κ1) is 17.8. The van der Waals surface area contributed by atoms with E-state index in [9.17, 15) is 9.59 Å². The molecular formula is C25H15N3O2S. The average molecular weight is 421 g/mol. The molecule has 0 radical (unpaired) electrons. The zero-order valence-electron chi connectivity index (χ0n) is 16.2. The molecule has 0 aliphatic carbocycles. The highest BCUT2D eigenvalue weighted by molar-refractivity contribution is 7.17. The van der Waals surface area contributed by atoms with Crippen molar-refractivity contribution in [3.05, 3.63) is 105 Å². The number of benzene rings is 3. The van der Waals surface area contributed by atoms with Crippen LogP contribution < -0.4 is 11.2 Å². The van der Waals surface area contributed by atoms with Gasteiger partial charge in [-0.05, 0) is 52.2 Å². The van der Waals surface area contributed by atoms with Crippen LogP contribution in [0.2, 0.25) is 0 Å². The normalized spacial score (nSPS) is 11.5. The van der Waals surface area contributed by atoms with Gasteiger partial charge in [0.25, 0.3) is 5.56 Å². The Morgan fingerprint density at radius 3 is 2.58 bits per heavy atom. The Labute approximate surface area is 179 Å². The Bertz CT molecular complexity index is 1740. The number of hydrogen-bond acceptors (Lipinski definition) is 4. The van der Waals surface area contributed by atoms with Crippen molar-refractivity contribution in [1.82, 2.24) is 14.5 Å². The molecule has 0 saturated carbocycles. The Morgan fingerprint density at radius 2 is 1.65 bits per heavy atom. The van der Waals surface area contributed by atoms with Gasteiger partial charge in [-0.1, -0.05) is 36.4 Å². The molecular weight excluding hydrogens is 406 g/mol. The van der Waals surface area contributed by atoms with Crippen LogP contribution in [0.5, 0.6) is 0 Å². The number of aromatic nitrogens is 3. The maximum Gasteiger partial charge on any atom is 0.333 e. The fourth-order valence-electron chi connectivity index (χ4n) is 4.04. The van der Waals surface area contributed by atoms with Crippen LogP contribution in [-0.2, 0) is 0 Å². The zero-order chi connectivity index (χ0) is 20.9. The number of thiophene rings is 1. The van der Waals surface area contributed by atoms with Crippen molar-refractivity contribution in [2.75, 3.05) is 0 Å². The van der Waals surface area contributed by atoms with Crippen LogP contribution in [-0.4, -0.2) is 14.5 Å². The molecule has 0 spiro atoms. The van der Waals surface area contributed by atoms with Gasteiger partial charge >= 0.3 is 5.69 Å².